The third-order valence-electron chi connectivity index (χ3n) is 3.99. The van der Waals surface area contributed by atoms with Crippen molar-refractivity contribution in [2.45, 2.75) is 90.9 Å². The molecule has 0 amide bonds. The summed E-state index contributed by atoms with van der Waals surface area (Å²) in [5.41, 5.74) is 0. The molecule has 0 spiro atoms. The van der Waals surface area contributed by atoms with Crippen molar-refractivity contribution >= 4 is 10.4 Å². The predicted octanol–water partition coefficient (Wildman–Crippen LogP) is 2.36. The molecule has 6 heteroatoms. The molecule has 0 heterocycles. The molecule has 0 aromatic heterocycles. The third kappa shape index (κ3) is 21.3. The normalized spacial score (nSPS) is 13.1. The Morgan fingerprint density at radius 1 is 0.917 bits per heavy atom. The van der Waals surface area contributed by atoms with Crippen molar-refractivity contribution in [1.29, 1.82) is 0 Å². The van der Waals surface area contributed by atoms with E-state index in [4.69, 9.17) is 0 Å². The maximum atomic E-state index is 10.6. The van der Waals surface area contributed by atoms with E-state index >= 15 is 0 Å². The van der Waals surface area contributed by atoms with Gasteiger partial charge in [-0.15, -0.1) is 0 Å². The Bertz CT molecular complexity index is 382. The fraction of sp³-hybridized carbons (Fsp3) is 0.889. The van der Waals surface area contributed by atoms with E-state index in [1.54, 1.807) is 0 Å². The van der Waals surface area contributed by atoms with Gasteiger partial charge < -0.3 is 4.55 Å². The Labute approximate surface area is 192 Å². The van der Waals surface area contributed by atoms with Gasteiger partial charge in [-0.05, 0) is 19.3 Å². The molecule has 0 aromatic carbocycles. The average Bonchev–Trinajstić information content (AvgIpc) is 2.50. The van der Waals surface area contributed by atoms with Crippen LogP contribution >= 0.6 is 0 Å². The topological polar surface area (TPSA) is 66.4 Å². The van der Waals surface area contributed by atoms with Crippen molar-refractivity contribution in [2.24, 2.45) is 5.92 Å². The second kappa shape index (κ2) is 19.0. The van der Waals surface area contributed by atoms with Gasteiger partial charge in [-0.3, -0.25) is 4.18 Å². The van der Waals surface area contributed by atoms with Gasteiger partial charge in [0.05, 0.1) is 6.61 Å². The van der Waals surface area contributed by atoms with Gasteiger partial charge in [0.2, 0.25) is 10.4 Å². The molecule has 24 heavy (non-hydrogen) atoms. The van der Waals surface area contributed by atoms with E-state index in [1.165, 1.54) is 51.4 Å². The molecule has 1 unspecified atom stereocenters. The first-order valence-corrected chi connectivity index (χ1v) is 10.6. The Kier molecular flexibility index (Phi) is 21.8. The minimum absolute atomic E-state index is 0. The summed E-state index contributed by atoms with van der Waals surface area (Å²) in [5.74, 6) is 0.0238. The number of rotatable bonds is 16. The summed E-state index contributed by atoms with van der Waals surface area (Å²) in [4.78, 5) is 0. The molecule has 0 aliphatic rings. The van der Waals surface area contributed by atoms with Crippen molar-refractivity contribution in [3.05, 3.63) is 12.2 Å². The molecule has 0 N–H and O–H groups in total. The molecule has 0 saturated heterocycles. The van der Waals surface area contributed by atoms with Crippen LogP contribution in [0.25, 0.3) is 0 Å². The van der Waals surface area contributed by atoms with Crippen LogP contribution in [0.15, 0.2) is 12.2 Å². The zero-order valence-corrected chi connectivity index (χ0v) is 19.9. The Morgan fingerprint density at radius 2 is 1.46 bits per heavy atom. The molecule has 4 nitrogen and oxygen atoms in total. The van der Waals surface area contributed by atoms with E-state index in [9.17, 15) is 13.0 Å². The minimum atomic E-state index is -4.59. The Hall–Kier alpha value is 1.25. The van der Waals surface area contributed by atoms with Crippen molar-refractivity contribution in [3.63, 3.8) is 0 Å². The summed E-state index contributed by atoms with van der Waals surface area (Å²) >= 11 is 0. The molecule has 1 atom stereocenters. The first-order valence-electron chi connectivity index (χ1n) is 9.26. The van der Waals surface area contributed by atoms with Crippen LogP contribution in [0.2, 0.25) is 0 Å². The summed E-state index contributed by atoms with van der Waals surface area (Å²) in [7, 11) is -4.59. The summed E-state index contributed by atoms with van der Waals surface area (Å²) in [6.07, 6.45) is 18.2. The molecule has 0 aliphatic heterocycles. The standard InChI is InChI=1S/C18H36O4S.K/c1-3-5-7-9-10-11-12-14-16-18(15-13-8-6-4-2)17-22-23(19,20)21;/h14,16,18H,3-13,15,17H2,1-2H3,(H,19,20,21);/q;+1/p-1/b16-14+;. The van der Waals surface area contributed by atoms with Crippen LogP contribution in [-0.4, -0.2) is 19.6 Å². The quantitative estimate of drug-likeness (QED) is 0.134. The van der Waals surface area contributed by atoms with Gasteiger partial charge in [0.25, 0.3) is 0 Å². The zero-order valence-electron chi connectivity index (χ0n) is 16.0. The van der Waals surface area contributed by atoms with E-state index in [1.807, 2.05) is 6.08 Å². The van der Waals surface area contributed by atoms with E-state index in [2.05, 4.69) is 24.1 Å². The molecule has 138 valence electrons. The monoisotopic (exact) mass is 386 g/mol. The van der Waals surface area contributed by atoms with Gasteiger partial charge in [-0.25, -0.2) is 8.42 Å². The largest absolute Gasteiger partial charge is 1.00 e. The van der Waals surface area contributed by atoms with Crippen LogP contribution in [-0.2, 0) is 14.6 Å². The second-order valence-corrected chi connectivity index (χ2v) is 7.34. The van der Waals surface area contributed by atoms with E-state index < -0.39 is 10.4 Å². The van der Waals surface area contributed by atoms with E-state index in [0.29, 0.717) is 0 Å². The maximum Gasteiger partial charge on any atom is 1.00 e. The molecule has 0 aromatic rings. The van der Waals surface area contributed by atoms with Crippen molar-refractivity contribution in [3.8, 4) is 0 Å². The van der Waals surface area contributed by atoms with Crippen LogP contribution in [0.5, 0.6) is 0 Å². The SMILES string of the molecule is CCCCCCCC/C=C/C(CCCCCC)COS(=O)(=O)[O-].[K+]. The predicted molar refractivity (Wildman–Crippen MR) is 95.0 cm³/mol. The smallest absolute Gasteiger partial charge is 0.726 e. The van der Waals surface area contributed by atoms with Gasteiger partial charge in [-0.1, -0.05) is 83.8 Å². The molecule has 0 saturated carbocycles. The van der Waals surface area contributed by atoms with Gasteiger partial charge in [0.1, 0.15) is 0 Å². The van der Waals surface area contributed by atoms with Crippen LogP contribution in [0, 0.1) is 5.92 Å². The molecular formula is C18H35KO4S. The first kappa shape index (κ1) is 27.5. The van der Waals surface area contributed by atoms with Gasteiger partial charge in [0.15, 0.2) is 0 Å². The van der Waals surface area contributed by atoms with Gasteiger partial charge in [-0.2, -0.15) is 0 Å². The fourth-order valence-corrected chi connectivity index (χ4v) is 2.91. The Morgan fingerprint density at radius 3 is 2.04 bits per heavy atom. The third-order valence-corrected chi connectivity index (χ3v) is 4.41. The second-order valence-electron chi connectivity index (χ2n) is 6.29. The minimum Gasteiger partial charge on any atom is -0.726 e. The Balaban J connectivity index is 0. The number of unbranched alkanes of at least 4 members (excludes halogenated alkanes) is 9. The zero-order chi connectivity index (χ0) is 17.4. The summed E-state index contributed by atoms with van der Waals surface area (Å²) in [6.45, 7) is 4.35. The van der Waals surface area contributed by atoms with Crippen LogP contribution in [0.4, 0.5) is 0 Å². The van der Waals surface area contributed by atoms with Crippen molar-refractivity contribution < 1.29 is 68.5 Å². The summed E-state index contributed by atoms with van der Waals surface area (Å²) in [5, 5.41) is 0. The average molecular weight is 387 g/mol. The van der Waals surface area contributed by atoms with E-state index in [-0.39, 0.29) is 63.9 Å². The van der Waals surface area contributed by atoms with E-state index in [0.717, 1.165) is 25.7 Å². The molecule has 0 bridgehead atoms. The number of hydrogen-bond donors (Lipinski definition) is 0. The van der Waals surface area contributed by atoms with Crippen molar-refractivity contribution in [1.82, 2.24) is 0 Å². The maximum absolute atomic E-state index is 10.6. The van der Waals surface area contributed by atoms with Crippen molar-refractivity contribution in [2.75, 3.05) is 6.61 Å². The summed E-state index contributed by atoms with van der Waals surface area (Å²) in [6, 6.07) is 0. The van der Waals surface area contributed by atoms with Crippen LogP contribution in [0.3, 0.4) is 0 Å². The molecule has 0 radical (unpaired) electrons. The molecule has 0 aliphatic carbocycles. The molecular weight excluding hydrogens is 351 g/mol. The van der Waals surface area contributed by atoms with Crippen LogP contribution < -0.4 is 51.4 Å². The van der Waals surface area contributed by atoms with Gasteiger partial charge >= 0.3 is 51.4 Å². The first-order chi connectivity index (χ1) is 11.0. The summed E-state index contributed by atoms with van der Waals surface area (Å²) < 4.78 is 36.3. The van der Waals surface area contributed by atoms with Gasteiger partial charge in [0, 0.05) is 5.92 Å². The fourth-order valence-electron chi connectivity index (χ4n) is 2.57. The number of allylic oxidation sites excluding steroid dienone is 1. The number of hydrogen-bond acceptors (Lipinski definition) is 4. The van der Waals surface area contributed by atoms with Crippen LogP contribution in [0.1, 0.15) is 90.9 Å². The molecule has 0 rings (SSSR count). The molecule has 0 fully saturated rings.